The number of rotatable bonds is 6. The summed E-state index contributed by atoms with van der Waals surface area (Å²) < 4.78 is 27.2. The maximum Gasteiger partial charge on any atom is 0.243 e. The van der Waals surface area contributed by atoms with E-state index >= 15 is 0 Å². The SMILES string of the molecule is O=S(=O)(c1ccccc1)N(CCCO)C1CCCCC1. The molecule has 1 aliphatic carbocycles. The lowest BCUT2D eigenvalue weighted by molar-refractivity contribution is 0.222. The molecule has 5 heteroatoms. The molecule has 4 nitrogen and oxygen atoms in total. The van der Waals surface area contributed by atoms with Crippen molar-refractivity contribution in [3.8, 4) is 0 Å². The van der Waals surface area contributed by atoms with Crippen LogP contribution in [0.1, 0.15) is 38.5 Å². The zero-order valence-electron chi connectivity index (χ0n) is 11.7. The number of hydrogen-bond acceptors (Lipinski definition) is 3. The highest BCUT2D eigenvalue weighted by Gasteiger charge is 2.31. The molecule has 1 N–H and O–H groups in total. The molecule has 0 atom stereocenters. The van der Waals surface area contributed by atoms with Gasteiger partial charge in [-0.1, -0.05) is 37.5 Å². The smallest absolute Gasteiger partial charge is 0.243 e. The second-order valence-electron chi connectivity index (χ2n) is 5.30. The summed E-state index contributed by atoms with van der Waals surface area (Å²) in [6, 6.07) is 8.68. The maximum absolute atomic E-state index is 12.8. The first-order valence-electron chi connectivity index (χ1n) is 7.34. The lowest BCUT2D eigenvalue weighted by Gasteiger charge is -2.33. The Morgan fingerprint density at radius 3 is 2.35 bits per heavy atom. The summed E-state index contributed by atoms with van der Waals surface area (Å²) in [4.78, 5) is 0.350. The van der Waals surface area contributed by atoms with E-state index in [0.717, 1.165) is 25.7 Å². The molecule has 0 saturated heterocycles. The molecule has 1 aliphatic rings. The fourth-order valence-electron chi connectivity index (χ4n) is 2.82. The first kappa shape index (κ1) is 15.5. The molecule has 0 aromatic heterocycles. The summed E-state index contributed by atoms with van der Waals surface area (Å²) in [5, 5.41) is 9.03. The molecular weight excluding hydrogens is 274 g/mol. The Bertz CT molecular complexity index is 495. The molecule has 1 aromatic rings. The quantitative estimate of drug-likeness (QED) is 0.877. The first-order valence-corrected chi connectivity index (χ1v) is 8.78. The van der Waals surface area contributed by atoms with Gasteiger partial charge in [-0.3, -0.25) is 0 Å². The highest BCUT2D eigenvalue weighted by atomic mass is 32.2. The first-order chi connectivity index (χ1) is 9.66. The number of aliphatic hydroxyl groups excluding tert-OH is 1. The minimum atomic E-state index is -3.45. The van der Waals surface area contributed by atoms with E-state index in [9.17, 15) is 8.42 Å². The van der Waals surface area contributed by atoms with Gasteiger partial charge in [0.1, 0.15) is 0 Å². The normalized spacial score (nSPS) is 17.5. The molecule has 20 heavy (non-hydrogen) atoms. The van der Waals surface area contributed by atoms with Crippen molar-refractivity contribution >= 4 is 10.0 Å². The molecule has 0 heterocycles. The van der Waals surface area contributed by atoms with E-state index in [1.807, 2.05) is 6.07 Å². The topological polar surface area (TPSA) is 57.6 Å². The van der Waals surface area contributed by atoms with Crippen LogP contribution in [0.3, 0.4) is 0 Å². The van der Waals surface area contributed by atoms with Crippen LogP contribution in [0, 0.1) is 0 Å². The van der Waals surface area contributed by atoms with Crippen LogP contribution < -0.4 is 0 Å². The Labute approximate surface area is 121 Å². The second kappa shape index (κ2) is 7.20. The molecule has 112 valence electrons. The van der Waals surface area contributed by atoms with Crippen LogP contribution in [0.2, 0.25) is 0 Å². The predicted molar refractivity (Wildman–Crippen MR) is 78.9 cm³/mol. The summed E-state index contributed by atoms with van der Waals surface area (Å²) in [6.07, 6.45) is 5.71. The van der Waals surface area contributed by atoms with Gasteiger partial charge in [0, 0.05) is 19.2 Å². The standard InChI is InChI=1S/C15H23NO3S/c17-13-7-12-16(14-8-3-1-4-9-14)20(18,19)15-10-5-2-6-11-15/h2,5-6,10-11,14,17H,1,3-4,7-9,12-13H2. The molecule has 1 aromatic carbocycles. The Morgan fingerprint density at radius 1 is 1.10 bits per heavy atom. The molecule has 1 saturated carbocycles. The largest absolute Gasteiger partial charge is 0.396 e. The number of nitrogens with zero attached hydrogens (tertiary/aromatic N) is 1. The zero-order valence-corrected chi connectivity index (χ0v) is 12.6. The summed E-state index contributed by atoms with van der Waals surface area (Å²) >= 11 is 0. The average Bonchev–Trinajstić information content (AvgIpc) is 2.49. The van der Waals surface area contributed by atoms with E-state index < -0.39 is 10.0 Å². The van der Waals surface area contributed by atoms with Gasteiger partial charge in [-0.2, -0.15) is 4.31 Å². The van der Waals surface area contributed by atoms with Gasteiger partial charge in [0.15, 0.2) is 0 Å². The van der Waals surface area contributed by atoms with Gasteiger partial charge in [-0.25, -0.2) is 8.42 Å². The minimum Gasteiger partial charge on any atom is -0.396 e. The molecule has 0 aliphatic heterocycles. The van der Waals surface area contributed by atoms with E-state index in [4.69, 9.17) is 5.11 Å². The van der Waals surface area contributed by atoms with Crippen molar-refractivity contribution in [2.45, 2.75) is 49.5 Å². The van der Waals surface area contributed by atoms with Crippen LogP contribution in [0.4, 0.5) is 0 Å². The molecule has 0 radical (unpaired) electrons. The second-order valence-corrected chi connectivity index (χ2v) is 7.19. The third-order valence-electron chi connectivity index (χ3n) is 3.87. The minimum absolute atomic E-state index is 0.0214. The van der Waals surface area contributed by atoms with Gasteiger partial charge in [-0.05, 0) is 31.4 Å². The Morgan fingerprint density at radius 2 is 1.75 bits per heavy atom. The van der Waals surface area contributed by atoms with E-state index in [1.54, 1.807) is 28.6 Å². The third-order valence-corrected chi connectivity index (χ3v) is 5.83. The number of aliphatic hydroxyl groups is 1. The number of hydrogen-bond donors (Lipinski definition) is 1. The summed E-state index contributed by atoms with van der Waals surface area (Å²) in [7, 11) is -3.45. The molecule has 2 rings (SSSR count). The van der Waals surface area contributed by atoms with E-state index in [-0.39, 0.29) is 12.6 Å². The average molecular weight is 297 g/mol. The molecule has 0 spiro atoms. The molecule has 1 fully saturated rings. The Balaban J connectivity index is 2.24. The highest BCUT2D eigenvalue weighted by Crippen LogP contribution is 2.27. The predicted octanol–water partition coefficient (Wildman–Crippen LogP) is 2.39. The van der Waals surface area contributed by atoms with Crippen molar-refractivity contribution in [1.82, 2.24) is 4.31 Å². The van der Waals surface area contributed by atoms with Crippen molar-refractivity contribution in [2.24, 2.45) is 0 Å². The van der Waals surface area contributed by atoms with Gasteiger partial charge >= 0.3 is 0 Å². The fourth-order valence-corrected chi connectivity index (χ4v) is 4.57. The van der Waals surface area contributed by atoms with Crippen molar-refractivity contribution in [2.75, 3.05) is 13.2 Å². The Kier molecular flexibility index (Phi) is 5.57. The van der Waals surface area contributed by atoms with Crippen molar-refractivity contribution in [3.63, 3.8) is 0 Å². The molecule has 0 bridgehead atoms. The van der Waals surface area contributed by atoms with Crippen molar-refractivity contribution in [3.05, 3.63) is 30.3 Å². The third kappa shape index (κ3) is 3.59. The van der Waals surface area contributed by atoms with E-state index in [2.05, 4.69) is 0 Å². The number of benzene rings is 1. The van der Waals surface area contributed by atoms with Gasteiger partial charge in [0.25, 0.3) is 0 Å². The van der Waals surface area contributed by atoms with Crippen LogP contribution in [0.25, 0.3) is 0 Å². The van der Waals surface area contributed by atoms with Crippen LogP contribution >= 0.6 is 0 Å². The fraction of sp³-hybridized carbons (Fsp3) is 0.600. The molecule has 0 unspecified atom stereocenters. The lowest BCUT2D eigenvalue weighted by atomic mass is 9.95. The summed E-state index contributed by atoms with van der Waals surface area (Å²) in [6.45, 7) is 0.423. The summed E-state index contributed by atoms with van der Waals surface area (Å²) in [5.74, 6) is 0. The Hall–Kier alpha value is -0.910. The number of sulfonamides is 1. The molecule has 0 amide bonds. The monoisotopic (exact) mass is 297 g/mol. The van der Waals surface area contributed by atoms with Gasteiger partial charge in [-0.15, -0.1) is 0 Å². The van der Waals surface area contributed by atoms with E-state index in [0.29, 0.717) is 17.9 Å². The van der Waals surface area contributed by atoms with Crippen LogP contribution in [-0.2, 0) is 10.0 Å². The van der Waals surface area contributed by atoms with Gasteiger partial charge < -0.3 is 5.11 Å². The van der Waals surface area contributed by atoms with Gasteiger partial charge in [0.05, 0.1) is 4.90 Å². The van der Waals surface area contributed by atoms with E-state index in [1.165, 1.54) is 6.42 Å². The highest BCUT2D eigenvalue weighted by molar-refractivity contribution is 7.89. The van der Waals surface area contributed by atoms with Crippen LogP contribution in [-0.4, -0.2) is 37.0 Å². The maximum atomic E-state index is 12.8. The van der Waals surface area contributed by atoms with Crippen molar-refractivity contribution < 1.29 is 13.5 Å². The van der Waals surface area contributed by atoms with Crippen LogP contribution in [0.5, 0.6) is 0 Å². The zero-order chi connectivity index (χ0) is 14.4. The summed E-state index contributed by atoms with van der Waals surface area (Å²) in [5.41, 5.74) is 0. The molecular formula is C15H23NO3S. The van der Waals surface area contributed by atoms with Crippen LogP contribution in [0.15, 0.2) is 35.2 Å². The van der Waals surface area contributed by atoms with Gasteiger partial charge in [0.2, 0.25) is 10.0 Å². The van der Waals surface area contributed by atoms with Crippen molar-refractivity contribution in [1.29, 1.82) is 0 Å². The lowest BCUT2D eigenvalue weighted by Crippen LogP contribution is -2.42.